The molecule has 3 N–H and O–H groups in total. The van der Waals surface area contributed by atoms with Crippen molar-refractivity contribution in [2.45, 2.75) is 18.8 Å². The molecule has 3 heterocycles. The molecule has 1 fully saturated rings. The minimum absolute atomic E-state index is 0.0500. The molecule has 0 spiro atoms. The normalized spacial score (nSPS) is 19.9. The quantitative estimate of drug-likeness (QED) is 0.737. The first-order valence-corrected chi connectivity index (χ1v) is 10.9. The van der Waals surface area contributed by atoms with Crippen molar-refractivity contribution < 1.29 is 13.2 Å². The van der Waals surface area contributed by atoms with Crippen LogP contribution in [0.4, 0.5) is 0 Å². The highest BCUT2D eigenvalue weighted by Gasteiger charge is 2.28. The number of H-pyrrole nitrogens is 1. The number of primary amides is 1. The fraction of sp³-hybridized carbons (Fsp3) is 0.278. The van der Waals surface area contributed by atoms with Gasteiger partial charge in [0.2, 0.25) is 0 Å². The van der Waals surface area contributed by atoms with Crippen molar-refractivity contribution in [1.29, 1.82) is 0 Å². The predicted molar refractivity (Wildman–Crippen MR) is 101 cm³/mol. The number of aromatic amines is 1. The Morgan fingerprint density at radius 2 is 2.12 bits per heavy atom. The van der Waals surface area contributed by atoms with E-state index in [1.807, 2.05) is 29.1 Å². The summed E-state index contributed by atoms with van der Waals surface area (Å²) < 4.78 is 24.1. The molecule has 5 nitrogen and oxygen atoms in total. The van der Waals surface area contributed by atoms with E-state index < -0.39 is 15.7 Å². The predicted octanol–water partition coefficient (Wildman–Crippen LogP) is 3.29. The van der Waals surface area contributed by atoms with E-state index >= 15 is 0 Å². The summed E-state index contributed by atoms with van der Waals surface area (Å²) in [4.78, 5) is 15.1. The Hall–Kier alpha value is -2.12. The number of fused-ring (bicyclic) bond motifs is 1. The van der Waals surface area contributed by atoms with Crippen molar-refractivity contribution in [3.05, 3.63) is 46.3 Å². The number of rotatable bonds is 3. The monoisotopic (exact) mass is 374 g/mol. The lowest BCUT2D eigenvalue weighted by Gasteiger charge is -2.21. The van der Waals surface area contributed by atoms with Gasteiger partial charge in [-0.25, -0.2) is 8.42 Å². The Morgan fingerprint density at radius 3 is 2.80 bits per heavy atom. The molecule has 0 radical (unpaired) electrons. The maximum absolute atomic E-state index is 12.0. The number of hydrogen-bond donors (Lipinski definition) is 2. The molecule has 0 bridgehead atoms. The van der Waals surface area contributed by atoms with Crippen LogP contribution in [0.5, 0.6) is 0 Å². The van der Waals surface area contributed by atoms with E-state index in [2.05, 4.69) is 4.98 Å². The second kappa shape index (κ2) is 6.00. The van der Waals surface area contributed by atoms with Gasteiger partial charge in [-0.3, -0.25) is 4.79 Å². The van der Waals surface area contributed by atoms with Crippen LogP contribution < -0.4 is 5.73 Å². The summed E-state index contributed by atoms with van der Waals surface area (Å²) in [5.41, 5.74) is 9.60. The Labute approximate surface area is 149 Å². The van der Waals surface area contributed by atoms with Crippen LogP contribution in [0.25, 0.3) is 22.0 Å². The van der Waals surface area contributed by atoms with Gasteiger partial charge in [0, 0.05) is 11.6 Å². The highest BCUT2D eigenvalue weighted by atomic mass is 32.2. The van der Waals surface area contributed by atoms with E-state index in [0.29, 0.717) is 17.5 Å². The Balaban J connectivity index is 1.90. The third-order valence-electron chi connectivity index (χ3n) is 4.84. The first-order chi connectivity index (χ1) is 11.9. The average molecular weight is 374 g/mol. The highest BCUT2D eigenvalue weighted by Crippen LogP contribution is 2.36. The summed E-state index contributed by atoms with van der Waals surface area (Å²) in [6, 6.07) is 5.81. The van der Waals surface area contributed by atoms with E-state index in [9.17, 15) is 13.2 Å². The SMILES string of the molecule is NC(=O)c1cc(-c2ccsc2)cc2c(C3CCCS(=O)(=O)C3)c[nH]c12. The van der Waals surface area contributed by atoms with Crippen LogP contribution in [0.3, 0.4) is 0 Å². The van der Waals surface area contributed by atoms with Crippen molar-refractivity contribution >= 4 is 38.0 Å². The van der Waals surface area contributed by atoms with Gasteiger partial charge in [0.25, 0.3) is 5.91 Å². The first-order valence-electron chi connectivity index (χ1n) is 8.12. The summed E-state index contributed by atoms with van der Waals surface area (Å²) >= 11 is 1.58. The van der Waals surface area contributed by atoms with Crippen LogP contribution in [0.15, 0.2) is 35.2 Å². The maximum atomic E-state index is 12.0. The van der Waals surface area contributed by atoms with Crippen molar-refractivity contribution in [2.24, 2.45) is 5.73 Å². The summed E-state index contributed by atoms with van der Waals surface area (Å²) in [7, 11) is -3.01. The number of aromatic nitrogens is 1. The van der Waals surface area contributed by atoms with Crippen molar-refractivity contribution in [3.8, 4) is 11.1 Å². The Kier molecular flexibility index (Phi) is 3.92. The molecular formula is C18H18N2O3S2. The van der Waals surface area contributed by atoms with Gasteiger partial charge < -0.3 is 10.7 Å². The number of sulfone groups is 1. The molecular weight excluding hydrogens is 356 g/mol. The molecule has 0 saturated carbocycles. The first kappa shape index (κ1) is 16.4. The minimum atomic E-state index is -3.01. The number of benzene rings is 1. The van der Waals surface area contributed by atoms with Gasteiger partial charge in [-0.15, -0.1) is 0 Å². The van der Waals surface area contributed by atoms with Crippen LogP contribution >= 0.6 is 11.3 Å². The van der Waals surface area contributed by atoms with Crippen molar-refractivity contribution in [3.63, 3.8) is 0 Å². The molecule has 4 rings (SSSR count). The fourth-order valence-corrected chi connectivity index (χ4v) is 6.05. The molecule has 1 unspecified atom stereocenters. The molecule has 25 heavy (non-hydrogen) atoms. The molecule has 1 atom stereocenters. The number of nitrogens with one attached hydrogen (secondary N) is 1. The van der Waals surface area contributed by atoms with E-state index in [-0.39, 0.29) is 17.4 Å². The lowest BCUT2D eigenvalue weighted by molar-refractivity contribution is 0.100. The van der Waals surface area contributed by atoms with Gasteiger partial charge in [0.1, 0.15) is 0 Å². The van der Waals surface area contributed by atoms with Gasteiger partial charge in [0.15, 0.2) is 9.84 Å². The molecule has 1 aliphatic rings. The summed E-state index contributed by atoms with van der Waals surface area (Å²) in [6.07, 6.45) is 3.34. The van der Waals surface area contributed by atoms with Crippen molar-refractivity contribution in [1.82, 2.24) is 4.98 Å². The Bertz CT molecular complexity index is 1050. The number of amides is 1. The van der Waals surface area contributed by atoms with Crippen LogP contribution in [-0.2, 0) is 9.84 Å². The molecule has 130 valence electrons. The van der Waals surface area contributed by atoms with E-state index in [1.54, 1.807) is 17.4 Å². The van der Waals surface area contributed by atoms with Crippen LogP contribution in [0.1, 0.15) is 34.7 Å². The molecule has 0 aliphatic carbocycles. The second-order valence-corrected chi connectivity index (χ2v) is 9.53. The average Bonchev–Trinajstić information content (AvgIpc) is 3.22. The molecule has 1 amide bonds. The summed E-state index contributed by atoms with van der Waals surface area (Å²) in [5, 5.41) is 4.89. The van der Waals surface area contributed by atoms with E-state index in [4.69, 9.17) is 5.73 Å². The standard InChI is InChI=1S/C18H18N2O3S2/c19-18(21)15-7-13(11-3-4-24-9-11)6-14-16(8-20-17(14)15)12-2-1-5-25(22,23)10-12/h3-4,6-9,12,20H,1-2,5,10H2,(H2,19,21). The highest BCUT2D eigenvalue weighted by molar-refractivity contribution is 7.91. The van der Waals surface area contributed by atoms with E-state index in [0.717, 1.165) is 28.5 Å². The smallest absolute Gasteiger partial charge is 0.250 e. The lowest BCUT2D eigenvalue weighted by atomic mass is 9.93. The largest absolute Gasteiger partial charge is 0.366 e. The van der Waals surface area contributed by atoms with Gasteiger partial charge in [-0.2, -0.15) is 11.3 Å². The number of hydrogen-bond acceptors (Lipinski definition) is 4. The number of carbonyl (C=O) groups is 1. The third kappa shape index (κ3) is 2.98. The van der Waals surface area contributed by atoms with Gasteiger partial charge in [-0.1, -0.05) is 0 Å². The summed E-state index contributed by atoms with van der Waals surface area (Å²) in [5.74, 6) is -0.120. The van der Waals surface area contributed by atoms with Gasteiger partial charge >= 0.3 is 0 Å². The van der Waals surface area contributed by atoms with Crippen LogP contribution in [0.2, 0.25) is 0 Å². The minimum Gasteiger partial charge on any atom is -0.366 e. The van der Waals surface area contributed by atoms with Crippen LogP contribution in [0, 0.1) is 0 Å². The molecule has 7 heteroatoms. The topological polar surface area (TPSA) is 93.0 Å². The molecule has 1 aliphatic heterocycles. The van der Waals surface area contributed by atoms with Gasteiger partial charge in [-0.05, 0) is 64.4 Å². The molecule has 2 aromatic heterocycles. The summed E-state index contributed by atoms with van der Waals surface area (Å²) in [6.45, 7) is 0. The molecule has 1 aromatic carbocycles. The zero-order chi connectivity index (χ0) is 17.6. The maximum Gasteiger partial charge on any atom is 0.250 e. The zero-order valence-corrected chi connectivity index (χ0v) is 15.1. The zero-order valence-electron chi connectivity index (χ0n) is 13.5. The third-order valence-corrected chi connectivity index (χ3v) is 7.35. The number of carbonyl (C=O) groups excluding carboxylic acids is 1. The van der Waals surface area contributed by atoms with Crippen molar-refractivity contribution in [2.75, 3.05) is 11.5 Å². The molecule has 1 saturated heterocycles. The lowest BCUT2D eigenvalue weighted by Crippen LogP contribution is -2.23. The molecule has 3 aromatic rings. The van der Waals surface area contributed by atoms with Crippen LogP contribution in [-0.4, -0.2) is 30.8 Å². The second-order valence-electron chi connectivity index (χ2n) is 6.52. The Morgan fingerprint density at radius 1 is 1.28 bits per heavy atom. The number of nitrogens with two attached hydrogens (primary N) is 1. The van der Waals surface area contributed by atoms with E-state index in [1.165, 1.54) is 0 Å². The number of thiophene rings is 1. The fourth-order valence-electron chi connectivity index (χ4n) is 3.65. The van der Waals surface area contributed by atoms with Gasteiger partial charge in [0.05, 0.1) is 22.6 Å².